The number of hydrogen-bond acceptors (Lipinski definition) is 8. The molecule has 1 aliphatic rings. The summed E-state index contributed by atoms with van der Waals surface area (Å²) in [5.74, 6) is -0.378. The number of unbranched alkanes of at least 4 members (excludes halogenated alkanes) is 9. The third-order valence-electron chi connectivity index (χ3n) is 6.63. The Hall–Kier alpha value is -1.75. The number of fused-ring (bicyclic) bond motifs is 2. The molecule has 0 saturated carbocycles. The van der Waals surface area contributed by atoms with Crippen LogP contribution in [0.4, 0.5) is 0 Å². The molecule has 1 heterocycles. The fourth-order valence-electron chi connectivity index (χ4n) is 4.46. The van der Waals surface area contributed by atoms with Crippen molar-refractivity contribution in [3.8, 4) is 5.75 Å². The molecule has 0 unspecified atom stereocenters. The summed E-state index contributed by atoms with van der Waals surface area (Å²) >= 11 is 0. The Kier molecular flexibility index (Phi) is 20.6. The Morgan fingerprint density at radius 2 is 1.00 bits per heavy atom. The Balaban J connectivity index is 1.89. The van der Waals surface area contributed by atoms with Gasteiger partial charge in [0.25, 0.3) is 0 Å². The summed E-state index contributed by atoms with van der Waals surface area (Å²) < 4.78 is 39.6. The Morgan fingerprint density at radius 1 is 0.625 bits per heavy atom. The van der Waals surface area contributed by atoms with Gasteiger partial charge in [-0.25, -0.2) is 4.79 Å². The minimum absolute atomic E-state index is 0.143. The molecule has 0 aromatic heterocycles. The molecule has 40 heavy (non-hydrogen) atoms. The maximum Gasteiger partial charge on any atom is 0.336 e. The lowest BCUT2D eigenvalue weighted by Crippen LogP contribution is -2.14. The maximum atomic E-state index is 12.2. The van der Waals surface area contributed by atoms with E-state index in [1.54, 1.807) is 12.1 Å². The average molecular weight is 569 g/mol. The van der Waals surface area contributed by atoms with Crippen LogP contribution < -0.4 is 4.74 Å². The first-order valence-corrected chi connectivity index (χ1v) is 15.2. The second-order valence-electron chi connectivity index (χ2n) is 10.0. The van der Waals surface area contributed by atoms with Crippen LogP contribution in [0.3, 0.4) is 0 Å². The SMILES string of the molecule is CCCCCCCCCCCCOc1cc2c(C(=O)O)c(c1)COCCOCCOCCOCCOCCOC2. The number of hydrogen-bond donors (Lipinski definition) is 1. The lowest BCUT2D eigenvalue weighted by Gasteiger charge is -2.16. The molecular formula is C31H52O9. The second-order valence-corrected chi connectivity index (χ2v) is 10.0. The number of benzene rings is 1. The summed E-state index contributed by atoms with van der Waals surface area (Å²) in [6.45, 7) is 7.46. The van der Waals surface area contributed by atoms with Gasteiger partial charge in [0.1, 0.15) is 5.75 Å². The van der Waals surface area contributed by atoms with Gasteiger partial charge in [-0.2, -0.15) is 0 Å². The molecule has 0 aliphatic carbocycles. The van der Waals surface area contributed by atoms with E-state index >= 15 is 0 Å². The van der Waals surface area contributed by atoms with Gasteiger partial charge in [-0.05, 0) is 29.7 Å². The lowest BCUT2D eigenvalue weighted by atomic mass is 10.0. The van der Waals surface area contributed by atoms with Gasteiger partial charge in [0.05, 0.1) is 91.5 Å². The van der Waals surface area contributed by atoms with E-state index in [4.69, 9.17) is 33.2 Å². The van der Waals surface area contributed by atoms with Crippen LogP contribution in [-0.2, 0) is 41.6 Å². The molecule has 9 nitrogen and oxygen atoms in total. The van der Waals surface area contributed by atoms with Gasteiger partial charge in [0.15, 0.2) is 0 Å². The normalized spacial score (nSPS) is 17.1. The maximum absolute atomic E-state index is 12.2. The number of carboxylic acids is 1. The molecule has 9 heteroatoms. The zero-order valence-corrected chi connectivity index (χ0v) is 24.6. The quantitative estimate of drug-likeness (QED) is 0.296. The first kappa shape index (κ1) is 34.5. The van der Waals surface area contributed by atoms with Gasteiger partial charge in [0.2, 0.25) is 0 Å². The van der Waals surface area contributed by atoms with Gasteiger partial charge in [-0.3, -0.25) is 0 Å². The van der Waals surface area contributed by atoms with Crippen molar-refractivity contribution in [1.29, 1.82) is 0 Å². The van der Waals surface area contributed by atoms with Crippen molar-refractivity contribution in [2.45, 2.75) is 84.3 Å². The molecule has 1 aromatic carbocycles. The van der Waals surface area contributed by atoms with Crippen molar-refractivity contribution in [3.05, 3.63) is 28.8 Å². The summed E-state index contributed by atoms with van der Waals surface area (Å²) in [5.41, 5.74) is 1.32. The summed E-state index contributed by atoms with van der Waals surface area (Å²) in [4.78, 5) is 12.2. The molecule has 0 saturated heterocycles. The van der Waals surface area contributed by atoms with E-state index in [0.717, 1.165) is 12.8 Å². The van der Waals surface area contributed by atoms with E-state index in [0.29, 0.717) is 89.6 Å². The molecule has 2 rings (SSSR count). The van der Waals surface area contributed by atoms with Crippen LogP contribution in [0.25, 0.3) is 0 Å². The number of ether oxygens (including phenoxy) is 7. The number of carboxylic acid groups (broad SMARTS) is 1. The number of carbonyl (C=O) groups is 1. The molecular weight excluding hydrogens is 516 g/mol. The van der Waals surface area contributed by atoms with Crippen molar-refractivity contribution in [1.82, 2.24) is 0 Å². The van der Waals surface area contributed by atoms with Gasteiger partial charge in [-0.1, -0.05) is 64.7 Å². The largest absolute Gasteiger partial charge is 0.494 e. The van der Waals surface area contributed by atoms with E-state index in [1.807, 2.05) is 0 Å². The number of aromatic carboxylic acids is 1. The highest BCUT2D eigenvalue weighted by atomic mass is 16.6. The van der Waals surface area contributed by atoms with Crippen LogP contribution >= 0.6 is 0 Å². The fraction of sp³-hybridized carbons (Fsp3) is 0.774. The second kappa shape index (κ2) is 23.9. The van der Waals surface area contributed by atoms with Crippen LogP contribution in [0, 0.1) is 0 Å². The van der Waals surface area contributed by atoms with Gasteiger partial charge >= 0.3 is 5.97 Å². The van der Waals surface area contributed by atoms with Crippen molar-refractivity contribution >= 4 is 5.97 Å². The smallest absolute Gasteiger partial charge is 0.336 e. The summed E-state index contributed by atoms with van der Waals surface area (Å²) in [6.07, 6.45) is 12.6. The lowest BCUT2D eigenvalue weighted by molar-refractivity contribution is -0.0181. The summed E-state index contributed by atoms with van der Waals surface area (Å²) in [5, 5.41) is 9.99. The first-order chi connectivity index (χ1) is 19.7. The van der Waals surface area contributed by atoms with Crippen LogP contribution in [0.1, 0.15) is 92.6 Å². The first-order valence-electron chi connectivity index (χ1n) is 15.2. The van der Waals surface area contributed by atoms with E-state index in [1.165, 1.54) is 51.4 Å². The highest BCUT2D eigenvalue weighted by molar-refractivity contribution is 5.91. The fourth-order valence-corrected chi connectivity index (χ4v) is 4.46. The van der Waals surface area contributed by atoms with E-state index in [9.17, 15) is 9.90 Å². The molecule has 1 N–H and O–H groups in total. The minimum atomic E-state index is -1.02. The predicted molar refractivity (Wildman–Crippen MR) is 153 cm³/mol. The van der Waals surface area contributed by atoms with Crippen LogP contribution in [0.15, 0.2) is 12.1 Å². The van der Waals surface area contributed by atoms with Crippen molar-refractivity contribution in [2.24, 2.45) is 0 Å². The van der Waals surface area contributed by atoms with E-state index < -0.39 is 5.97 Å². The van der Waals surface area contributed by atoms with Crippen molar-refractivity contribution in [3.63, 3.8) is 0 Å². The van der Waals surface area contributed by atoms with Gasteiger partial charge in [-0.15, -0.1) is 0 Å². The topological polar surface area (TPSA) is 102 Å². The molecule has 0 spiro atoms. The molecule has 2 bridgehead atoms. The van der Waals surface area contributed by atoms with Crippen LogP contribution in [-0.4, -0.2) is 83.8 Å². The Morgan fingerprint density at radius 3 is 1.40 bits per heavy atom. The zero-order chi connectivity index (χ0) is 28.5. The highest BCUT2D eigenvalue weighted by Crippen LogP contribution is 2.25. The minimum Gasteiger partial charge on any atom is -0.494 e. The van der Waals surface area contributed by atoms with Gasteiger partial charge < -0.3 is 38.3 Å². The molecule has 0 radical (unpaired) electrons. The predicted octanol–water partition coefficient (Wildman–Crippen LogP) is 5.80. The third kappa shape index (κ3) is 16.5. The Labute approximate surface area is 240 Å². The van der Waals surface area contributed by atoms with E-state index in [-0.39, 0.29) is 18.8 Å². The Bertz CT molecular complexity index is 730. The van der Waals surface area contributed by atoms with Crippen LogP contribution in [0.5, 0.6) is 5.75 Å². The summed E-state index contributed by atoms with van der Waals surface area (Å²) in [6, 6.07) is 3.55. The van der Waals surface area contributed by atoms with Gasteiger partial charge in [0, 0.05) is 0 Å². The third-order valence-corrected chi connectivity index (χ3v) is 6.63. The molecule has 1 aromatic rings. The molecule has 230 valence electrons. The highest BCUT2D eigenvalue weighted by Gasteiger charge is 2.18. The molecule has 1 aliphatic heterocycles. The molecule has 0 atom stereocenters. The van der Waals surface area contributed by atoms with Crippen molar-refractivity contribution in [2.75, 3.05) is 72.7 Å². The average Bonchev–Trinajstić information content (AvgIpc) is 2.94. The van der Waals surface area contributed by atoms with Crippen molar-refractivity contribution < 1.29 is 43.1 Å². The standard InChI is InChI=1S/C31H52O9/c1-2-3-4-5-6-7-8-9-10-11-12-40-29-23-27-25-38-21-19-36-17-15-34-13-14-35-16-18-37-20-22-39-26-28(24-29)30(27)31(32)33/h23-24H,2-22,25-26H2,1H3,(H,32,33). The summed E-state index contributed by atoms with van der Waals surface area (Å²) in [7, 11) is 0. The van der Waals surface area contributed by atoms with Crippen LogP contribution in [0.2, 0.25) is 0 Å². The van der Waals surface area contributed by atoms with E-state index in [2.05, 4.69) is 6.92 Å². The molecule has 0 fully saturated rings. The monoisotopic (exact) mass is 568 g/mol. The number of rotatable bonds is 13. The molecule has 0 amide bonds. The zero-order valence-electron chi connectivity index (χ0n) is 24.6.